The molecule has 0 spiro atoms. The van der Waals surface area contributed by atoms with Crippen molar-refractivity contribution in [3.63, 3.8) is 0 Å². The van der Waals surface area contributed by atoms with Crippen LogP contribution in [0.1, 0.15) is 37.3 Å². The highest BCUT2D eigenvalue weighted by molar-refractivity contribution is 5.72. The van der Waals surface area contributed by atoms with Crippen molar-refractivity contribution in [3.05, 3.63) is 35.4 Å². The Bertz CT molecular complexity index is 599. The number of benzene rings is 1. The molecule has 5 atom stereocenters. The molecule has 1 saturated carbocycles. The van der Waals surface area contributed by atoms with Crippen LogP contribution in [-0.2, 0) is 16.6 Å². The highest BCUT2D eigenvalue weighted by Crippen LogP contribution is 2.59. The summed E-state index contributed by atoms with van der Waals surface area (Å²) >= 11 is 0. The number of likely N-dealkylation sites (N-methyl/N-ethyl adjacent to an activating group) is 1. The molecule has 1 aromatic carbocycles. The second-order valence-electron chi connectivity index (χ2n) is 7.16. The van der Waals surface area contributed by atoms with Gasteiger partial charge in [0, 0.05) is 17.5 Å². The minimum Gasteiger partial charge on any atom is -0.481 e. The van der Waals surface area contributed by atoms with Gasteiger partial charge in [0.2, 0.25) is 0 Å². The van der Waals surface area contributed by atoms with Crippen molar-refractivity contribution in [2.75, 3.05) is 7.05 Å². The smallest absolute Gasteiger partial charge is 0.308 e. The van der Waals surface area contributed by atoms with E-state index in [2.05, 4.69) is 43.1 Å². The molecule has 21 heavy (non-hydrogen) atoms. The lowest BCUT2D eigenvalue weighted by Crippen LogP contribution is -2.69. The predicted octanol–water partition coefficient (Wildman–Crippen LogP) is 2.68. The molecule has 0 radical (unpaired) electrons. The van der Waals surface area contributed by atoms with Crippen molar-refractivity contribution >= 4 is 5.97 Å². The number of hydrogen-bond donors (Lipinski definition) is 1. The van der Waals surface area contributed by atoms with Crippen LogP contribution in [0.15, 0.2) is 24.3 Å². The Morgan fingerprint density at radius 3 is 2.86 bits per heavy atom. The molecule has 2 saturated heterocycles. The zero-order chi connectivity index (χ0) is 14.8. The number of carboxylic acids is 1. The molecule has 2 heterocycles. The first-order chi connectivity index (χ1) is 10.1. The molecule has 112 valence electrons. The van der Waals surface area contributed by atoms with Crippen molar-refractivity contribution in [2.24, 2.45) is 11.8 Å². The van der Waals surface area contributed by atoms with E-state index in [0.29, 0.717) is 12.0 Å². The number of aliphatic carboxylic acids is 1. The molecule has 0 amide bonds. The summed E-state index contributed by atoms with van der Waals surface area (Å²) in [5.41, 5.74) is 3.21. The number of nitrogens with zero attached hydrogens (tertiary/aromatic N) is 1. The number of piperidine rings is 2. The van der Waals surface area contributed by atoms with E-state index >= 15 is 0 Å². The van der Waals surface area contributed by atoms with Crippen molar-refractivity contribution in [2.45, 2.75) is 50.1 Å². The topological polar surface area (TPSA) is 40.5 Å². The predicted molar refractivity (Wildman–Crippen MR) is 81.3 cm³/mol. The van der Waals surface area contributed by atoms with Gasteiger partial charge < -0.3 is 5.11 Å². The van der Waals surface area contributed by atoms with Crippen molar-refractivity contribution < 1.29 is 9.90 Å². The van der Waals surface area contributed by atoms with Crippen molar-refractivity contribution in [1.29, 1.82) is 0 Å². The maximum atomic E-state index is 11.6. The molecule has 4 bridgehead atoms. The Hall–Kier alpha value is -1.35. The molecule has 3 fully saturated rings. The van der Waals surface area contributed by atoms with Gasteiger partial charge in [-0.1, -0.05) is 31.2 Å². The zero-order valence-corrected chi connectivity index (χ0v) is 12.7. The molecule has 3 heteroatoms. The normalized spacial score (nSPS) is 40.9. The Morgan fingerprint density at radius 1 is 1.38 bits per heavy atom. The zero-order valence-electron chi connectivity index (χ0n) is 12.7. The van der Waals surface area contributed by atoms with Gasteiger partial charge in [0.15, 0.2) is 0 Å². The quantitative estimate of drug-likeness (QED) is 0.908. The standard InChI is InChI=1S/C18H23NO2/c1-3-18-10-16-12(17(20)21)9-14(18)15(19(16)2)8-11-6-4-5-7-13(11)18/h4-7,12,14-16H,3,8-10H2,1-2H3,(H,20,21)/t12?,14?,15?,16?,18-/m0/s1. The Morgan fingerprint density at radius 2 is 2.14 bits per heavy atom. The maximum Gasteiger partial charge on any atom is 0.308 e. The second kappa shape index (κ2) is 4.33. The van der Waals surface area contributed by atoms with Gasteiger partial charge in [0.25, 0.3) is 0 Å². The highest BCUT2D eigenvalue weighted by atomic mass is 16.4. The maximum absolute atomic E-state index is 11.6. The SMILES string of the molecule is CC[C@@]12CC3C(C(=O)O)CC1C(Cc1ccccc12)N3C. The van der Waals surface area contributed by atoms with Crippen molar-refractivity contribution in [1.82, 2.24) is 4.90 Å². The third-order valence-electron chi connectivity index (χ3n) is 6.70. The Balaban J connectivity index is 1.86. The molecule has 4 unspecified atom stereocenters. The molecule has 2 aliphatic heterocycles. The fourth-order valence-electron chi connectivity index (χ4n) is 5.67. The first-order valence-corrected chi connectivity index (χ1v) is 8.11. The molecule has 1 N–H and O–H groups in total. The molecular weight excluding hydrogens is 262 g/mol. The third-order valence-corrected chi connectivity index (χ3v) is 6.70. The van der Waals surface area contributed by atoms with E-state index in [4.69, 9.17) is 0 Å². The van der Waals surface area contributed by atoms with Crippen molar-refractivity contribution in [3.8, 4) is 0 Å². The largest absolute Gasteiger partial charge is 0.481 e. The number of hydrogen-bond acceptors (Lipinski definition) is 2. The van der Waals surface area contributed by atoms with Gasteiger partial charge in [-0.05, 0) is 49.8 Å². The minimum atomic E-state index is -0.603. The van der Waals surface area contributed by atoms with Gasteiger partial charge in [0.1, 0.15) is 0 Å². The van der Waals surface area contributed by atoms with Crippen LogP contribution >= 0.6 is 0 Å². The first-order valence-electron chi connectivity index (χ1n) is 8.11. The number of rotatable bonds is 2. The van der Waals surface area contributed by atoms with Crippen LogP contribution < -0.4 is 0 Å². The van der Waals surface area contributed by atoms with Crippen LogP contribution in [0.4, 0.5) is 0 Å². The molecule has 5 rings (SSSR count). The average Bonchev–Trinajstić information content (AvgIpc) is 2.50. The highest BCUT2D eigenvalue weighted by Gasteiger charge is 2.61. The summed E-state index contributed by atoms with van der Waals surface area (Å²) < 4.78 is 0. The van der Waals surface area contributed by atoms with Crippen LogP contribution in [0.2, 0.25) is 0 Å². The summed E-state index contributed by atoms with van der Waals surface area (Å²) in [6.07, 6.45) is 4.08. The lowest BCUT2D eigenvalue weighted by Gasteiger charge is -2.64. The molecular formula is C18H23NO2. The molecule has 4 aliphatic rings. The van der Waals surface area contributed by atoms with Gasteiger partial charge in [-0.15, -0.1) is 0 Å². The summed E-state index contributed by atoms with van der Waals surface area (Å²) in [7, 11) is 2.14. The van der Waals surface area contributed by atoms with Crippen LogP contribution in [0.3, 0.4) is 0 Å². The van der Waals surface area contributed by atoms with Gasteiger partial charge in [-0.25, -0.2) is 0 Å². The average molecular weight is 285 g/mol. The molecule has 1 aromatic rings. The molecule has 3 nitrogen and oxygen atoms in total. The van der Waals surface area contributed by atoms with E-state index in [1.165, 1.54) is 11.1 Å². The summed E-state index contributed by atoms with van der Waals surface area (Å²) in [5, 5.41) is 9.57. The first kappa shape index (κ1) is 13.3. The minimum absolute atomic E-state index is 0.179. The lowest BCUT2D eigenvalue weighted by molar-refractivity contribution is -0.159. The fraction of sp³-hybridized carbons (Fsp3) is 0.611. The van der Waals surface area contributed by atoms with E-state index in [0.717, 1.165) is 25.7 Å². The van der Waals surface area contributed by atoms with Gasteiger partial charge in [0.05, 0.1) is 5.92 Å². The number of carbonyl (C=O) groups is 1. The van der Waals surface area contributed by atoms with E-state index < -0.39 is 5.97 Å². The van der Waals surface area contributed by atoms with Crippen LogP contribution in [0.5, 0.6) is 0 Å². The summed E-state index contributed by atoms with van der Waals surface area (Å²) in [4.78, 5) is 14.0. The van der Waals surface area contributed by atoms with Crippen LogP contribution in [-0.4, -0.2) is 35.1 Å². The second-order valence-corrected chi connectivity index (χ2v) is 7.16. The van der Waals surface area contributed by atoms with Crippen LogP contribution in [0.25, 0.3) is 0 Å². The summed E-state index contributed by atoms with van der Waals surface area (Å²) in [5.74, 6) is -0.288. The van der Waals surface area contributed by atoms with E-state index in [1.54, 1.807) is 0 Å². The van der Waals surface area contributed by atoms with E-state index in [-0.39, 0.29) is 17.4 Å². The van der Waals surface area contributed by atoms with Gasteiger partial charge >= 0.3 is 5.97 Å². The molecule has 2 aliphatic carbocycles. The van der Waals surface area contributed by atoms with E-state index in [1.807, 2.05) is 0 Å². The Labute approximate surface area is 126 Å². The van der Waals surface area contributed by atoms with E-state index in [9.17, 15) is 9.90 Å². The van der Waals surface area contributed by atoms with Gasteiger partial charge in [-0.2, -0.15) is 0 Å². The van der Waals surface area contributed by atoms with Gasteiger partial charge in [-0.3, -0.25) is 9.69 Å². The summed E-state index contributed by atoms with van der Waals surface area (Å²) in [6.45, 7) is 2.29. The van der Waals surface area contributed by atoms with Crippen LogP contribution in [0, 0.1) is 11.8 Å². The lowest BCUT2D eigenvalue weighted by atomic mass is 9.48. The summed E-state index contributed by atoms with van der Waals surface area (Å²) in [6, 6.07) is 9.58. The fourth-order valence-corrected chi connectivity index (χ4v) is 5.67. The number of carboxylic acid groups (broad SMARTS) is 1. The monoisotopic (exact) mass is 285 g/mol. The number of fused-ring (bicyclic) bond motifs is 2. The Kier molecular flexibility index (Phi) is 2.74. The molecule has 0 aromatic heterocycles. The third kappa shape index (κ3) is 1.56.